The maximum atomic E-state index is 10.1. The fourth-order valence-corrected chi connectivity index (χ4v) is 2.42. The van der Waals surface area contributed by atoms with E-state index in [0.29, 0.717) is 19.8 Å². The second kappa shape index (κ2) is 8.69. The summed E-state index contributed by atoms with van der Waals surface area (Å²) in [6.45, 7) is 3.62. The first-order valence-corrected chi connectivity index (χ1v) is 7.71. The van der Waals surface area contributed by atoms with E-state index in [1.807, 2.05) is 55.6 Å². The van der Waals surface area contributed by atoms with Crippen molar-refractivity contribution in [1.82, 2.24) is 4.90 Å². The van der Waals surface area contributed by atoms with Crippen LogP contribution in [0.5, 0.6) is 0 Å². The van der Waals surface area contributed by atoms with Gasteiger partial charge in [0.15, 0.2) is 0 Å². The summed E-state index contributed by atoms with van der Waals surface area (Å²) in [7, 11) is 2.03. The Morgan fingerprint density at radius 3 is 2.23 bits per heavy atom. The van der Waals surface area contributed by atoms with Gasteiger partial charge in [-0.05, 0) is 25.1 Å². The average molecular weight is 299 g/mol. The second-order valence-electron chi connectivity index (χ2n) is 5.68. The molecule has 0 spiro atoms. The molecule has 0 aromatic heterocycles. The lowest BCUT2D eigenvalue weighted by Gasteiger charge is -2.27. The summed E-state index contributed by atoms with van der Waals surface area (Å²) in [6, 6.07) is 20.6. The van der Waals surface area contributed by atoms with Crippen LogP contribution in [0.2, 0.25) is 0 Å². The highest BCUT2D eigenvalue weighted by Gasteiger charge is 2.15. The molecule has 2 aromatic carbocycles. The van der Waals surface area contributed by atoms with E-state index in [-0.39, 0.29) is 6.04 Å². The summed E-state index contributed by atoms with van der Waals surface area (Å²) in [6.07, 6.45) is -0.486. The van der Waals surface area contributed by atoms with Crippen molar-refractivity contribution < 1.29 is 9.84 Å². The Balaban J connectivity index is 1.73. The maximum absolute atomic E-state index is 10.1. The van der Waals surface area contributed by atoms with Crippen molar-refractivity contribution in [1.29, 1.82) is 0 Å². The molecule has 1 N–H and O–H groups in total. The monoisotopic (exact) mass is 299 g/mol. The van der Waals surface area contributed by atoms with Crippen molar-refractivity contribution in [2.45, 2.75) is 25.7 Å². The van der Waals surface area contributed by atoms with Gasteiger partial charge in [0.1, 0.15) is 0 Å². The van der Waals surface area contributed by atoms with E-state index in [0.717, 1.165) is 5.56 Å². The Kier molecular flexibility index (Phi) is 6.59. The number of likely N-dealkylation sites (N-methyl/N-ethyl adjacent to an activating group) is 1. The van der Waals surface area contributed by atoms with Gasteiger partial charge in [0.25, 0.3) is 0 Å². The van der Waals surface area contributed by atoms with Crippen molar-refractivity contribution in [3.63, 3.8) is 0 Å². The summed E-state index contributed by atoms with van der Waals surface area (Å²) in [5.74, 6) is 0. The highest BCUT2D eigenvalue weighted by atomic mass is 16.5. The molecule has 0 fully saturated rings. The fourth-order valence-electron chi connectivity index (χ4n) is 2.42. The van der Waals surface area contributed by atoms with Gasteiger partial charge in [0.05, 0.1) is 19.3 Å². The molecule has 0 heterocycles. The maximum Gasteiger partial charge on any atom is 0.0900 e. The van der Waals surface area contributed by atoms with Gasteiger partial charge in [-0.1, -0.05) is 60.7 Å². The summed E-state index contributed by atoms with van der Waals surface area (Å²) >= 11 is 0. The molecule has 118 valence electrons. The van der Waals surface area contributed by atoms with Gasteiger partial charge in [-0.3, -0.25) is 4.90 Å². The predicted octanol–water partition coefficient (Wildman–Crippen LogP) is 3.26. The zero-order chi connectivity index (χ0) is 15.8. The van der Waals surface area contributed by atoms with E-state index in [1.165, 1.54) is 5.56 Å². The van der Waals surface area contributed by atoms with Gasteiger partial charge in [-0.15, -0.1) is 0 Å². The van der Waals surface area contributed by atoms with Crippen LogP contribution in [0.3, 0.4) is 0 Å². The highest BCUT2D eigenvalue weighted by Crippen LogP contribution is 2.18. The lowest BCUT2D eigenvalue weighted by atomic mass is 10.1. The SMILES string of the molecule is CC(c1ccccc1)N(C)CC(O)COCc1ccccc1. The van der Waals surface area contributed by atoms with Crippen LogP contribution in [0, 0.1) is 0 Å². The molecule has 2 rings (SSSR count). The van der Waals surface area contributed by atoms with Crippen molar-refractivity contribution in [3.05, 3.63) is 71.8 Å². The number of rotatable bonds is 8. The van der Waals surface area contributed by atoms with Crippen LogP contribution < -0.4 is 0 Å². The van der Waals surface area contributed by atoms with Crippen molar-refractivity contribution >= 4 is 0 Å². The Hall–Kier alpha value is -1.68. The van der Waals surface area contributed by atoms with Crippen molar-refractivity contribution in [2.24, 2.45) is 0 Å². The second-order valence-corrected chi connectivity index (χ2v) is 5.68. The van der Waals surface area contributed by atoms with E-state index in [4.69, 9.17) is 4.74 Å². The predicted molar refractivity (Wildman–Crippen MR) is 89.6 cm³/mol. The molecule has 0 aliphatic rings. The molecule has 22 heavy (non-hydrogen) atoms. The van der Waals surface area contributed by atoms with E-state index in [2.05, 4.69) is 24.0 Å². The van der Waals surface area contributed by atoms with Crippen LogP contribution in [-0.2, 0) is 11.3 Å². The zero-order valence-corrected chi connectivity index (χ0v) is 13.4. The van der Waals surface area contributed by atoms with E-state index >= 15 is 0 Å². The molecule has 2 atom stereocenters. The van der Waals surface area contributed by atoms with Gasteiger partial charge in [0.2, 0.25) is 0 Å². The zero-order valence-electron chi connectivity index (χ0n) is 13.4. The number of nitrogens with zero attached hydrogens (tertiary/aromatic N) is 1. The summed E-state index contributed by atoms with van der Waals surface area (Å²) in [5, 5.41) is 10.1. The Morgan fingerprint density at radius 2 is 1.59 bits per heavy atom. The number of aliphatic hydroxyl groups is 1. The molecule has 3 heteroatoms. The van der Waals surface area contributed by atoms with Gasteiger partial charge in [-0.25, -0.2) is 0 Å². The summed E-state index contributed by atoms with van der Waals surface area (Å²) < 4.78 is 5.59. The molecular weight excluding hydrogens is 274 g/mol. The molecule has 2 aromatic rings. The molecule has 0 saturated heterocycles. The topological polar surface area (TPSA) is 32.7 Å². The Bertz CT molecular complexity index is 530. The third-order valence-corrected chi connectivity index (χ3v) is 3.86. The van der Waals surface area contributed by atoms with Gasteiger partial charge < -0.3 is 9.84 Å². The minimum atomic E-state index is -0.486. The van der Waals surface area contributed by atoms with Crippen LogP contribution in [0.15, 0.2) is 60.7 Å². The van der Waals surface area contributed by atoms with E-state index in [9.17, 15) is 5.11 Å². The van der Waals surface area contributed by atoms with Gasteiger partial charge in [0, 0.05) is 12.6 Å². The van der Waals surface area contributed by atoms with Crippen molar-refractivity contribution in [2.75, 3.05) is 20.2 Å². The molecular formula is C19H25NO2. The highest BCUT2D eigenvalue weighted by molar-refractivity contribution is 5.18. The fraction of sp³-hybridized carbons (Fsp3) is 0.368. The quantitative estimate of drug-likeness (QED) is 0.812. The van der Waals surface area contributed by atoms with Crippen LogP contribution in [0.25, 0.3) is 0 Å². The summed E-state index contributed by atoms with van der Waals surface area (Å²) in [4.78, 5) is 2.14. The minimum absolute atomic E-state index is 0.268. The third kappa shape index (κ3) is 5.26. The van der Waals surface area contributed by atoms with E-state index < -0.39 is 6.10 Å². The van der Waals surface area contributed by atoms with Gasteiger partial charge >= 0.3 is 0 Å². The first-order valence-electron chi connectivity index (χ1n) is 7.71. The number of benzene rings is 2. The van der Waals surface area contributed by atoms with E-state index in [1.54, 1.807) is 0 Å². The Morgan fingerprint density at radius 1 is 1.00 bits per heavy atom. The van der Waals surface area contributed by atoms with Crippen molar-refractivity contribution in [3.8, 4) is 0 Å². The molecule has 0 saturated carbocycles. The standard InChI is InChI=1S/C19H25NO2/c1-16(18-11-7-4-8-12-18)20(2)13-19(21)15-22-14-17-9-5-3-6-10-17/h3-12,16,19,21H,13-15H2,1-2H3. The Labute approximate surface area is 133 Å². The van der Waals surface area contributed by atoms with Crippen LogP contribution in [-0.4, -0.2) is 36.3 Å². The molecule has 0 radical (unpaired) electrons. The number of aliphatic hydroxyl groups excluding tert-OH is 1. The third-order valence-electron chi connectivity index (χ3n) is 3.86. The molecule has 2 unspecified atom stereocenters. The summed E-state index contributed by atoms with van der Waals surface area (Å²) in [5.41, 5.74) is 2.38. The van der Waals surface area contributed by atoms with Crippen LogP contribution in [0.1, 0.15) is 24.1 Å². The minimum Gasteiger partial charge on any atom is -0.389 e. The normalized spacial score (nSPS) is 14.0. The number of hydrogen-bond donors (Lipinski definition) is 1. The first-order chi connectivity index (χ1) is 10.7. The molecule has 0 aliphatic carbocycles. The number of ether oxygens (including phenoxy) is 1. The molecule has 0 amide bonds. The average Bonchev–Trinajstić information content (AvgIpc) is 2.56. The molecule has 0 aliphatic heterocycles. The van der Waals surface area contributed by atoms with Gasteiger partial charge in [-0.2, -0.15) is 0 Å². The first kappa shape index (κ1) is 16.7. The lowest BCUT2D eigenvalue weighted by Crippen LogP contribution is -2.33. The largest absolute Gasteiger partial charge is 0.389 e. The smallest absolute Gasteiger partial charge is 0.0900 e. The van der Waals surface area contributed by atoms with Crippen LogP contribution >= 0.6 is 0 Å². The molecule has 3 nitrogen and oxygen atoms in total. The number of hydrogen-bond acceptors (Lipinski definition) is 3. The lowest BCUT2D eigenvalue weighted by molar-refractivity contribution is 0.00853. The molecule has 0 bridgehead atoms. The van der Waals surface area contributed by atoms with Crippen LogP contribution in [0.4, 0.5) is 0 Å².